The van der Waals surface area contributed by atoms with Crippen molar-refractivity contribution in [3.8, 4) is 0 Å². The largest absolute Gasteiger partial charge is 0.382 e. The molecule has 0 amide bonds. The van der Waals surface area contributed by atoms with E-state index in [0.29, 0.717) is 12.2 Å². The Bertz CT molecular complexity index is 320. The van der Waals surface area contributed by atoms with Gasteiger partial charge in [-0.25, -0.2) is 0 Å². The van der Waals surface area contributed by atoms with E-state index in [0.717, 1.165) is 30.3 Å². The van der Waals surface area contributed by atoms with Gasteiger partial charge in [-0.15, -0.1) is 0 Å². The van der Waals surface area contributed by atoms with Crippen molar-refractivity contribution in [1.82, 2.24) is 9.80 Å². The van der Waals surface area contributed by atoms with Crippen LogP contribution >= 0.6 is 0 Å². The standard InChI is InChI=1S/C7H15N.C6H15N.C5H12O.C5H12.C4H10O.C4H10.CH4/c1-7(2)6-8-4-3-5-8;1-6(2)5-7(3)4;1-4-6-5(2)3;1-4-5(2)3;1-4(2)5-3;1-4(2)3;/h7H,3-6H2,1-2H3;6H,5H2,1-4H3;5H,4H2,1-3H3;5H,4H2,1-3H3;4H,1-3H3;4H,1-3H3;1H4. The van der Waals surface area contributed by atoms with Crippen molar-refractivity contribution >= 4 is 0 Å². The lowest BCUT2D eigenvalue weighted by Crippen LogP contribution is -2.39. The van der Waals surface area contributed by atoms with Gasteiger partial charge in [0, 0.05) is 20.3 Å². The number of hydrogen-bond donors (Lipinski definition) is 0. The molecule has 1 aliphatic heterocycles. The first-order valence-corrected chi connectivity index (χ1v) is 14.5. The van der Waals surface area contributed by atoms with Gasteiger partial charge in [-0.3, -0.25) is 0 Å². The molecule has 0 aliphatic carbocycles. The van der Waals surface area contributed by atoms with Crippen molar-refractivity contribution in [1.29, 1.82) is 0 Å². The van der Waals surface area contributed by atoms with Gasteiger partial charge in [0.15, 0.2) is 0 Å². The van der Waals surface area contributed by atoms with Crippen molar-refractivity contribution in [3.05, 3.63) is 0 Å². The predicted molar refractivity (Wildman–Crippen MR) is 171 cm³/mol. The van der Waals surface area contributed by atoms with E-state index < -0.39 is 0 Å². The number of nitrogens with zero attached hydrogens (tertiary/aromatic N) is 2. The van der Waals surface area contributed by atoms with E-state index in [4.69, 9.17) is 9.47 Å². The van der Waals surface area contributed by atoms with Crippen LogP contribution in [0.5, 0.6) is 0 Å². The summed E-state index contributed by atoms with van der Waals surface area (Å²) >= 11 is 0. The highest BCUT2D eigenvalue weighted by molar-refractivity contribution is 4.68. The van der Waals surface area contributed by atoms with Gasteiger partial charge in [0.2, 0.25) is 0 Å². The van der Waals surface area contributed by atoms with Crippen LogP contribution in [0.3, 0.4) is 0 Å². The molecule has 36 heavy (non-hydrogen) atoms. The second-order valence-electron chi connectivity index (χ2n) is 12.0. The fraction of sp³-hybridized carbons (Fsp3) is 1.00. The van der Waals surface area contributed by atoms with Crippen LogP contribution in [0.1, 0.15) is 124 Å². The van der Waals surface area contributed by atoms with Gasteiger partial charge in [0.05, 0.1) is 12.2 Å². The third-order valence-electron chi connectivity index (χ3n) is 4.09. The fourth-order valence-corrected chi connectivity index (χ4v) is 2.14. The molecule has 0 radical (unpaired) electrons. The first-order valence-electron chi connectivity index (χ1n) is 14.5. The smallest absolute Gasteiger partial charge is 0.0518 e. The monoisotopic (exact) mass is 523 g/mol. The van der Waals surface area contributed by atoms with Gasteiger partial charge in [-0.05, 0) is 98.4 Å². The van der Waals surface area contributed by atoms with Crippen LogP contribution in [0, 0.1) is 23.7 Å². The van der Waals surface area contributed by atoms with E-state index in [2.05, 4.69) is 93.1 Å². The normalized spacial score (nSPS) is 12.2. The molecule has 0 spiro atoms. The molecular formula is C32H78N2O2. The van der Waals surface area contributed by atoms with E-state index in [-0.39, 0.29) is 7.43 Å². The molecule has 1 rings (SSSR count). The van der Waals surface area contributed by atoms with Gasteiger partial charge in [-0.2, -0.15) is 0 Å². The molecule has 0 aromatic rings. The summed E-state index contributed by atoms with van der Waals surface area (Å²) in [6.45, 7) is 38.2. The average Bonchev–Trinajstić information content (AvgIpc) is 2.65. The summed E-state index contributed by atoms with van der Waals surface area (Å²) < 4.78 is 9.79. The maximum Gasteiger partial charge on any atom is 0.0518 e. The lowest BCUT2D eigenvalue weighted by molar-refractivity contribution is 0.0899. The van der Waals surface area contributed by atoms with E-state index in [1.807, 2.05) is 34.6 Å². The molecule has 1 aliphatic rings. The summed E-state index contributed by atoms with van der Waals surface area (Å²) in [5.41, 5.74) is 0. The van der Waals surface area contributed by atoms with E-state index in [1.54, 1.807) is 7.11 Å². The number of rotatable bonds is 8. The molecule has 0 aromatic heterocycles. The fourth-order valence-electron chi connectivity index (χ4n) is 2.14. The number of hydrogen-bond acceptors (Lipinski definition) is 4. The zero-order valence-electron chi connectivity index (χ0n) is 28.1. The molecule has 1 saturated heterocycles. The summed E-state index contributed by atoms with van der Waals surface area (Å²) in [7, 11) is 5.89. The molecule has 0 N–H and O–H groups in total. The number of likely N-dealkylation sites (tertiary alicyclic amines) is 1. The van der Waals surface area contributed by atoms with Crippen LogP contribution in [-0.2, 0) is 9.47 Å². The van der Waals surface area contributed by atoms with Crippen molar-refractivity contribution in [2.45, 2.75) is 136 Å². The molecule has 1 fully saturated rings. The minimum Gasteiger partial charge on any atom is -0.382 e. The molecule has 4 nitrogen and oxygen atoms in total. The zero-order valence-corrected chi connectivity index (χ0v) is 28.1. The number of ether oxygens (including phenoxy) is 2. The Morgan fingerprint density at radius 3 is 1.08 bits per heavy atom. The van der Waals surface area contributed by atoms with Crippen LogP contribution < -0.4 is 0 Å². The Morgan fingerprint density at radius 1 is 0.694 bits per heavy atom. The van der Waals surface area contributed by atoms with E-state index >= 15 is 0 Å². The quantitative estimate of drug-likeness (QED) is 0.317. The molecule has 0 unspecified atom stereocenters. The van der Waals surface area contributed by atoms with Gasteiger partial charge in [0.25, 0.3) is 0 Å². The third-order valence-corrected chi connectivity index (χ3v) is 4.09. The molecule has 1 heterocycles. The summed E-state index contributed by atoms with van der Waals surface area (Å²) in [5, 5.41) is 0. The van der Waals surface area contributed by atoms with Crippen molar-refractivity contribution in [2.75, 3.05) is 54.0 Å². The SMILES string of the molecule is C.CC(C)C.CC(C)CN(C)C.CC(C)CN1CCC1.CCC(C)C.CCOC(C)C.COC(C)C. The zero-order chi connectivity index (χ0) is 29.0. The Balaban J connectivity index is -0.0000000758. The Kier molecular flexibility index (Phi) is 50.2. The van der Waals surface area contributed by atoms with Crippen molar-refractivity contribution < 1.29 is 9.47 Å². The van der Waals surface area contributed by atoms with Gasteiger partial charge in [0.1, 0.15) is 0 Å². The predicted octanol–water partition coefficient (Wildman–Crippen LogP) is 9.38. The van der Waals surface area contributed by atoms with Crippen LogP contribution in [-0.4, -0.2) is 76.0 Å². The summed E-state index contributed by atoms with van der Waals surface area (Å²) in [5.74, 6) is 3.38. The second-order valence-corrected chi connectivity index (χ2v) is 12.0. The van der Waals surface area contributed by atoms with Gasteiger partial charge < -0.3 is 19.3 Å². The van der Waals surface area contributed by atoms with E-state index in [9.17, 15) is 0 Å². The van der Waals surface area contributed by atoms with Gasteiger partial charge >= 0.3 is 0 Å². The third kappa shape index (κ3) is 84.0. The minimum absolute atomic E-state index is 0. The Labute approximate surface area is 233 Å². The average molecular weight is 523 g/mol. The summed E-state index contributed by atoms with van der Waals surface area (Å²) in [4.78, 5) is 4.70. The summed E-state index contributed by atoms with van der Waals surface area (Å²) in [6, 6.07) is 0. The van der Waals surface area contributed by atoms with Crippen LogP contribution in [0.25, 0.3) is 0 Å². The first-order chi connectivity index (χ1) is 16.0. The molecule has 4 heteroatoms. The highest BCUT2D eigenvalue weighted by atomic mass is 16.5. The van der Waals surface area contributed by atoms with E-state index in [1.165, 1.54) is 39.0 Å². The number of methoxy groups -OCH3 is 1. The Morgan fingerprint density at radius 2 is 1.06 bits per heavy atom. The highest BCUT2D eigenvalue weighted by Gasteiger charge is 2.13. The maximum absolute atomic E-state index is 5.04. The first kappa shape index (κ1) is 48.9. The molecule has 0 saturated carbocycles. The Hall–Kier alpha value is -0.160. The summed E-state index contributed by atoms with van der Waals surface area (Å²) in [6.07, 6.45) is 3.51. The molecule has 0 aromatic carbocycles. The minimum atomic E-state index is 0. The second kappa shape index (κ2) is 37.0. The lowest BCUT2D eigenvalue weighted by atomic mass is 10.1. The van der Waals surface area contributed by atoms with Crippen molar-refractivity contribution in [2.24, 2.45) is 23.7 Å². The molecule has 0 bridgehead atoms. The van der Waals surface area contributed by atoms with Crippen molar-refractivity contribution in [3.63, 3.8) is 0 Å². The topological polar surface area (TPSA) is 24.9 Å². The van der Waals surface area contributed by atoms with Crippen LogP contribution in [0.4, 0.5) is 0 Å². The maximum atomic E-state index is 5.04. The van der Waals surface area contributed by atoms with Crippen LogP contribution in [0.15, 0.2) is 0 Å². The molecule has 0 atom stereocenters. The lowest BCUT2D eigenvalue weighted by Gasteiger charge is -2.31. The van der Waals surface area contributed by atoms with Crippen LogP contribution in [0.2, 0.25) is 0 Å². The highest BCUT2D eigenvalue weighted by Crippen LogP contribution is 2.07. The van der Waals surface area contributed by atoms with Gasteiger partial charge in [-0.1, -0.05) is 83.1 Å². The molecular weight excluding hydrogens is 444 g/mol. The molecule has 228 valence electrons.